The second kappa shape index (κ2) is 5.51. The highest BCUT2D eigenvalue weighted by molar-refractivity contribution is 5.26. The van der Waals surface area contributed by atoms with Crippen LogP contribution in [0.15, 0.2) is 11.6 Å². The third kappa shape index (κ3) is 2.42. The van der Waals surface area contributed by atoms with E-state index in [0.717, 1.165) is 19.4 Å². The Morgan fingerprint density at radius 2 is 2.35 bits per heavy atom. The predicted octanol–water partition coefficient (Wildman–Crippen LogP) is 2.49. The molecule has 1 fully saturated rings. The Hall–Kier alpha value is -0.380. The third-order valence-corrected chi connectivity index (χ3v) is 4.58. The molecule has 0 unspecified atom stereocenters. The zero-order chi connectivity index (χ0) is 12.3. The Morgan fingerprint density at radius 1 is 1.53 bits per heavy atom. The molecule has 17 heavy (non-hydrogen) atoms. The second-order valence-corrected chi connectivity index (χ2v) is 5.41. The van der Waals surface area contributed by atoms with Crippen LogP contribution in [-0.2, 0) is 9.47 Å². The van der Waals surface area contributed by atoms with Crippen LogP contribution in [0.2, 0.25) is 0 Å². The molecule has 3 heteroatoms. The van der Waals surface area contributed by atoms with Gasteiger partial charge in [-0.2, -0.15) is 0 Å². The quantitative estimate of drug-likeness (QED) is 0.440. The van der Waals surface area contributed by atoms with Gasteiger partial charge in [-0.3, -0.25) is 0 Å². The van der Waals surface area contributed by atoms with Gasteiger partial charge in [-0.25, -0.2) is 0 Å². The van der Waals surface area contributed by atoms with E-state index in [0.29, 0.717) is 12.7 Å². The maximum atomic E-state index is 10.0. The molecule has 0 aromatic heterocycles. The molecule has 2 rings (SSSR count). The summed E-state index contributed by atoms with van der Waals surface area (Å²) in [6.07, 6.45) is 7.72. The summed E-state index contributed by atoms with van der Waals surface area (Å²) in [5, 5.41) is 10.0. The van der Waals surface area contributed by atoms with Crippen molar-refractivity contribution in [3.05, 3.63) is 11.6 Å². The van der Waals surface area contributed by atoms with E-state index < -0.39 is 0 Å². The Labute approximate surface area is 104 Å². The van der Waals surface area contributed by atoms with Gasteiger partial charge in [0.15, 0.2) is 0 Å². The van der Waals surface area contributed by atoms with Crippen LogP contribution in [0.5, 0.6) is 0 Å². The Balaban J connectivity index is 1.87. The minimum atomic E-state index is -0.211. The molecule has 0 heterocycles. The van der Waals surface area contributed by atoms with Crippen molar-refractivity contribution in [2.75, 3.05) is 20.5 Å². The zero-order valence-corrected chi connectivity index (χ0v) is 10.9. The fourth-order valence-corrected chi connectivity index (χ4v) is 3.76. The van der Waals surface area contributed by atoms with E-state index in [-0.39, 0.29) is 11.5 Å². The molecule has 0 saturated heterocycles. The van der Waals surface area contributed by atoms with Crippen molar-refractivity contribution in [3.8, 4) is 0 Å². The summed E-state index contributed by atoms with van der Waals surface area (Å²) in [4.78, 5) is 0. The first-order valence-electron chi connectivity index (χ1n) is 6.64. The smallest absolute Gasteiger partial charge is 0.146 e. The average molecular weight is 240 g/mol. The number of ether oxygens (including phenoxy) is 2. The minimum absolute atomic E-state index is 0.211. The predicted molar refractivity (Wildman–Crippen MR) is 66.6 cm³/mol. The van der Waals surface area contributed by atoms with Gasteiger partial charge in [0.05, 0.1) is 6.10 Å². The van der Waals surface area contributed by atoms with E-state index in [9.17, 15) is 5.11 Å². The number of aliphatic hydroxyl groups excluding tert-OH is 1. The number of methoxy groups -OCH3 is 1. The molecule has 3 atom stereocenters. The first kappa shape index (κ1) is 13.1. The van der Waals surface area contributed by atoms with Gasteiger partial charge in [-0.05, 0) is 43.9 Å². The van der Waals surface area contributed by atoms with Crippen LogP contribution in [0.25, 0.3) is 0 Å². The van der Waals surface area contributed by atoms with Gasteiger partial charge in [-0.1, -0.05) is 18.1 Å². The number of aliphatic hydroxyl groups is 1. The number of hydrogen-bond acceptors (Lipinski definition) is 3. The Morgan fingerprint density at radius 3 is 3.12 bits per heavy atom. The zero-order valence-electron chi connectivity index (χ0n) is 10.9. The lowest BCUT2D eigenvalue weighted by Gasteiger charge is -2.33. The summed E-state index contributed by atoms with van der Waals surface area (Å²) >= 11 is 0. The van der Waals surface area contributed by atoms with Crippen LogP contribution in [-0.4, -0.2) is 31.7 Å². The summed E-state index contributed by atoms with van der Waals surface area (Å²) in [7, 11) is 1.64. The van der Waals surface area contributed by atoms with Crippen LogP contribution in [0.4, 0.5) is 0 Å². The second-order valence-electron chi connectivity index (χ2n) is 5.41. The maximum absolute atomic E-state index is 10.0. The van der Waals surface area contributed by atoms with Gasteiger partial charge >= 0.3 is 0 Å². The molecular formula is C14H24O3. The van der Waals surface area contributed by atoms with E-state index in [1.54, 1.807) is 7.11 Å². The molecule has 98 valence electrons. The summed E-state index contributed by atoms with van der Waals surface area (Å²) in [5.74, 6) is 0.463. The van der Waals surface area contributed by atoms with Gasteiger partial charge in [0.2, 0.25) is 0 Å². The highest BCUT2D eigenvalue weighted by atomic mass is 16.7. The largest absolute Gasteiger partial charge is 0.389 e. The fraction of sp³-hybridized carbons (Fsp3) is 0.857. The van der Waals surface area contributed by atoms with E-state index in [1.165, 1.54) is 24.8 Å². The monoisotopic (exact) mass is 240 g/mol. The summed E-state index contributed by atoms with van der Waals surface area (Å²) in [6.45, 7) is 3.32. The van der Waals surface area contributed by atoms with Crippen molar-refractivity contribution in [1.29, 1.82) is 0 Å². The topological polar surface area (TPSA) is 38.7 Å². The molecule has 0 amide bonds. The van der Waals surface area contributed by atoms with Crippen molar-refractivity contribution >= 4 is 0 Å². The summed E-state index contributed by atoms with van der Waals surface area (Å²) in [5.41, 5.74) is 1.68. The normalized spacial score (nSPS) is 36.1. The van der Waals surface area contributed by atoms with Crippen molar-refractivity contribution in [2.24, 2.45) is 11.3 Å². The average Bonchev–Trinajstić information content (AvgIpc) is 2.81. The molecule has 0 bridgehead atoms. The lowest BCUT2D eigenvalue weighted by Crippen LogP contribution is -2.28. The maximum Gasteiger partial charge on any atom is 0.146 e. The molecule has 2 aliphatic carbocycles. The van der Waals surface area contributed by atoms with Gasteiger partial charge in [0.25, 0.3) is 0 Å². The van der Waals surface area contributed by atoms with Gasteiger partial charge in [0, 0.05) is 13.7 Å². The highest BCUT2D eigenvalue weighted by Crippen LogP contribution is 2.57. The van der Waals surface area contributed by atoms with Gasteiger partial charge < -0.3 is 14.6 Å². The van der Waals surface area contributed by atoms with Gasteiger partial charge in [0.1, 0.15) is 6.79 Å². The number of allylic oxidation sites excluding steroid dienone is 1. The Bertz CT molecular complexity index is 287. The molecule has 3 nitrogen and oxygen atoms in total. The van der Waals surface area contributed by atoms with Crippen molar-refractivity contribution < 1.29 is 14.6 Å². The van der Waals surface area contributed by atoms with Crippen molar-refractivity contribution in [2.45, 2.75) is 45.1 Å². The fourth-order valence-electron chi connectivity index (χ4n) is 3.76. The van der Waals surface area contributed by atoms with Crippen molar-refractivity contribution in [3.63, 3.8) is 0 Å². The lowest BCUT2D eigenvalue weighted by molar-refractivity contribution is -0.0343. The minimum Gasteiger partial charge on any atom is -0.389 e. The molecule has 1 N–H and O–H groups in total. The van der Waals surface area contributed by atoms with Crippen LogP contribution in [0.3, 0.4) is 0 Å². The first-order chi connectivity index (χ1) is 8.20. The molecule has 1 saturated carbocycles. The summed E-state index contributed by atoms with van der Waals surface area (Å²) < 4.78 is 10.2. The number of fused-ring (bicyclic) bond motifs is 1. The number of hydrogen-bond donors (Lipinski definition) is 1. The first-order valence-corrected chi connectivity index (χ1v) is 6.64. The molecule has 0 aromatic rings. The molecule has 0 aliphatic heterocycles. The molecule has 2 aliphatic rings. The van der Waals surface area contributed by atoms with E-state index >= 15 is 0 Å². The lowest BCUT2D eigenvalue weighted by atomic mass is 9.72. The highest BCUT2D eigenvalue weighted by Gasteiger charge is 2.49. The molecular weight excluding hydrogens is 216 g/mol. The SMILES string of the molecule is COCOCCC[C@]12CCC[C@H]1[C@H](O)C=C2C. The number of rotatable bonds is 6. The van der Waals surface area contributed by atoms with Gasteiger partial charge in [-0.15, -0.1) is 0 Å². The van der Waals surface area contributed by atoms with E-state index in [4.69, 9.17) is 9.47 Å². The van der Waals surface area contributed by atoms with Crippen LogP contribution >= 0.6 is 0 Å². The molecule has 0 spiro atoms. The molecule has 0 radical (unpaired) electrons. The standard InChI is InChI=1S/C14H24O3/c1-11-9-13(15)12-5-3-6-14(11,12)7-4-8-17-10-16-2/h9,12-13,15H,3-8,10H2,1-2H3/t12-,13+,14-/m0/s1. The Kier molecular flexibility index (Phi) is 4.23. The van der Waals surface area contributed by atoms with Crippen LogP contribution in [0, 0.1) is 11.3 Å². The molecule has 0 aromatic carbocycles. The summed E-state index contributed by atoms with van der Waals surface area (Å²) in [6, 6.07) is 0. The third-order valence-electron chi connectivity index (χ3n) is 4.58. The van der Waals surface area contributed by atoms with Crippen LogP contribution in [0.1, 0.15) is 39.0 Å². The van der Waals surface area contributed by atoms with E-state index in [2.05, 4.69) is 13.0 Å². The van der Waals surface area contributed by atoms with Crippen molar-refractivity contribution in [1.82, 2.24) is 0 Å². The van der Waals surface area contributed by atoms with E-state index in [1.807, 2.05) is 0 Å². The van der Waals surface area contributed by atoms with Crippen LogP contribution < -0.4 is 0 Å².